The number of hydrogen-bond acceptors (Lipinski definition) is 4. The molecule has 1 N–H and O–H groups in total. The highest BCUT2D eigenvalue weighted by atomic mass is 19.4. The van der Waals surface area contributed by atoms with E-state index in [0.717, 1.165) is 12.3 Å². The molecule has 22 heavy (non-hydrogen) atoms. The van der Waals surface area contributed by atoms with Gasteiger partial charge in [-0.3, -0.25) is 19.9 Å². The summed E-state index contributed by atoms with van der Waals surface area (Å²) in [5.74, 6) is -1.88. The standard InChI is InChI=1S/C13H14F3N3O3/c14-13(15,16)9-1-3-10(4-2-9)18-12(20)8-5-11(19(21)22)7-17-6-8/h5-7,9-10H,1-4H2,(H,18,20). The van der Waals surface area contributed by atoms with Gasteiger partial charge in [-0.1, -0.05) is 0 Å². The molecule has 0 radical (unpaired) electrons. The Balaban J connectivity index is 1.94. The van der Waals surface area contributed by atoms with Crippen LogP contribution in [0.5, 0.6) is 0 Å². The molecule has 0 aromatic carbocycles. The summed E-state index contributed by atoms with van der Waals surface area (Å²) in [6, 6.07) is 0.731. The maximum absolute atomic E-state index is 12.6. The van der Waals surface area contributed by atoms with E-state index in [9.17, 15) is 28.1 Å². The predicted molar refractivity (Wildman–Crippen MR) is 70.2 cm³/mol. The monoisotopic (exact) mass is 317 g/mol. The third kappa shape index (κ3) is 3.92. The van der Waals surface area contributed by atoms with E-state index in [4.69, 9.17) is 0 Å². The lowest BCUT2D eigenvalue weighted by Gasteiger charge is -2.30. The first kappa shape index (κ1) is 16.2. The van der Waals surface area contributed by atoms with E-state index < -0.39 is 22.9 Å². The van der Waals surface area contributed by atoms with E-state index >= 15 is 0 Å². The van der Waals surface area contributed by atoms with Crippen molar-refractivity contribution >= 4 is 11.6 Å². The summed E-state index contributed by atoms with van der Waals surface area (Å²) < 4.78 is 37.7. The quantitative estimate of drug-likeness (QED) is 0.686. The smallest absolute Gasteiger partial charge is 0.349 e. The van der Waals surface area contributed by atoms with Gasteiger partial charge in [0.15, 0.2) is 0 Å². The molecule has 0 atom stereocenters. The van der Waals surface area contributed by atoms with Gasteiger partial charge in [0.05, 0.1) is 16.4 Å². The van der Waals surface area contributed by atoms with Crippen LogP contribution in [0.4, 0.5) is 18.9 Å². The van der Waals surface area contributed by atoms with Gasteiger partial charge in [-0.25, -0.2) is 0 Å². The second kappa shape index (κ2) is 6.29. The van der Waals surface area contributed by atoms with E-state index in [1.165, 1.54) is 6.20 Å². The van der Waals surface area contributed by atoms with E-state index in [0.29, 0.717) is 0 Å². The number of hydrogen-bond donors (Lipinski definition) is 1. The van der Waals surface area contributed by atoms with Gasteiger partial charge in [0.2, 0.25) is 0 Å². The number of carbonyl (C=O) groups is 1. The lowest BCUT2D eigenvalue weighted by molar-refractivity contribution is -0.385. The number of aromatic nitrogens is 1. The first-order chi connectivity index (χ1) is 10.3. The molecule has 9 heteroatoms. The molecule has 0 saturated heterocycles. The summed E-state index contributed by atoms with van der Waals surface area (Å²) in [6.07, 6.45) is -1.58. The molecule has 1 fully saturated rings. The topological polar surface area (TPSA) is 85.1 Å². The molecular weight excluding hydrogens is 303 g/mol. The van der Waals surface area contributed by atoms with E-state index in [1.54, 1.807) is 0 Å². The summed E-state index contributed by atoms with van der Waals surface area (Å²) in [5.41, 5.74) is -0.291. The summed E-state index contributed by atoms with van der Waals surface area (Å²) in [6.45, 7) is 0. The molecule has 1 saturated carbocycles. The summed E-state index contributed by atoms with van der Waals surface area (Å²) in [7, 11) is 0. The fourth-order valence-corrected chi connectivity index (χ4v) is 2.49. The first-order valence-corrected chi connectivity index (χ1v) is 6.74. The summed E-state index contributed by atoms with van der Waals surface area (Å²) in [5, 5.41) is 13.2. The Morgan fingerprint density at radius 2 is 1.91 bits per heavy atom. The van der Waals surface area contributed by atoms with Crippen molar-refractivity contribution in [1.82, 2.24) is 10.3 Å². The molecule has 1 amide bonds. The Bertz CT molecular complexity index is 569. The Kier molecular flexibility index (Phi) is 4.62. The van der Waals surface area contributed by atoms with Gasteiger partial charge in [0.25, 0.3) is 11.6 Å². The van der Waals surface area contributed by atoms with Gasteiger partial charge in [-0.05, 0) is 25.7 Å². The minimum Gasteiger partial charge on any atom is -0.349 e. The lowest BCUT2D eigenvalue weighted by atomic mass is 9.85. The molecule has 0 unspecified atom stereocenters. The van der Waals surface area contributed by atoms with Crippen LogP contribution in [0.2, 0.25) is 0 Å². The molecule has 2 rings (SSSR count). The SMILES string of the molecule is O=C(NC1CCC(C(F)(F)F)CC1)c1cncc([N+](=O)[O-])c1. The summed E-state index contributed by atoms with van der Waals surface area (Å²) in [4.78, 5) is 25.5. The Morgan fingerprint density at radius 1 is 1.27 bits per heavy atom. The summed E-state index contributed by atoms with van der Waals surface area (Å²) >= 11 is 0. The fourth-order valence-electron chi connectivity index (χ4n) is 2.49. The number of halogens is 3. The zero-order valence-corrected chi connectivity index (χ0v) is 11.5. The van der Waals surface area contributed by atoms with E-state index in [2.05, 4.69) is 10.3 Å². The van der Waals surface area contributed by atoms with Crippen LogP contribution in [0.1, 0.15) is 36.0 Å². The van der Waals surface area contributed by atoms with Crippen molar-refractivity contribution in [3.63, 3.8) is 0 Å². The molecule has 1 aromatic heterocycles. The van der Waals surface area contributed by atoms with E-state index in [-0.39, 0.29) is 43.0 Å². The van der Waals surface area contributed by atoms with Crippen LogP contribution in [-0.2, 0) is 0 Å². The molecule has 1 aliphatic rings. The van der Waals surface area contributed by atoms with Crippen LogP contribution in [0.15, 0.2) is 18.5 Å². The van der Waals surface area contributed by atoms with Gasteiger partial charge in [0.1, 0.15) is 6.20 Å². The lowest BCUT2D eigenvalue weighted by Crippen LogP contribution is -2.40. The predicted octanol–water partition coefficient (Wildman–Crippen LogP) is 2.84. The molecule has 0 bridgehead atoms. The number of pyridine rings is 1. The highest BCUT2D eigenvalue weighted by Crippen LogP contribution is 2.37. The zero-order chi connectivity index (χ0) is 16.3. The van der Waals surface area contributed by atoms with Crippen LogP contribution in [0.3, 0.4) is 0 Å². The number of alkyl halides is 3. The van der Waals surface area contributed by atoms with Gasteiger partial charge >= 0.3 is 6.18 Å². The highest BCUT2D eigenvalue weighted by Gasteiger charge is 2.41. The van der Waals surface area contributed by atoms with Crippen LogP contribution in [0, 0.1) is 16.0 Å². The second-order valence-electron chi connectivity index (χ2n) is 5.25. The van der Waals surface area contributed by atoms with Crippen molar-refractivity contribution in [3.05, 3.63) is 34.1 Å². The molecule has 0 spiro atoms. The average Bonchev–Trinajstić information content (AvgIpc) is 2.47. The van der Waals surface area contributed by atoms with Crippen molar-refractivity contribution in [2.45, 2.75) is 37.9 Å². The Morgan fingerprint density at radius 3 is 2.45 bits per heavy atom. The Hall–Kier alpha value is -2.19. The van der Waals surface area contributed by atoms with Crippen LogP contribution >= 0.6 is 0 Å². The molecular formula is C13H14F3N3O3. The highest BCUT2D eigenvalue weighted by molar-refractivity contribution is 5.94. The maximum Gasteiger partial charge on any atom is 0.391 e. The molecule has 6 nitrogen and oxygen atoms in total. The molecule has 1 aromatic rings. The fraction of sp³-hybridized carbons (Fsp3) is 0.538. The van der Waals surface area contributed by atoms with Crippen LogP contribution < -0.4 is 5.32 Å². The normalized spacial score (nSPS) is 22.1. The molecule has 0 aliphatic heterocycles. The number of carbonyl (C=O) groups excluding carboxylic acids is 1. The van der Waals surface area contributed by atoms with Crippen LogP contribution in [-0.4, -0.2) is 28.0 Å². The van der Waals surface area contributed by atoms with Crippen molar-refractivity contribution in [2.75, 3.05) is 0 Å². The number of nitro groups is 1. The number of rotatable bonds is 3. The van der Waals surface area contributed by atoms with Gasteiger partial charge < -0.3 is 5.32 Å². The second-order valence-corrected chi connectivity index (χ2v) is 5.25. The van der Waals surface area contributed by atoms with E-state index in [1.807, 2.05) is 0 Å². The zero-order valence-electron chi connectivity index (χ0n) is 11.5. The maximum atomic E-state index is 12.6. The van der Waals surface area contributed by atoms with Gasteiger partial charge in [0, 0.05) is 18.3 Å². The largest absolute Gasteiger partial charge is 0.391 e. The number of nitrogens with one attached hydrogen (secondary N) is 1. The van der Waals surface area contributed by atoms with Crippen molar-refractivity contribution in [1.29, 1.82) is 0 Å². The number of nitrogens with zero attached hydrogens (tertiary/aromatic N) is 2. The first-order valence-electron chi connectivity index (χ1n) is 6.74. The number of amides is 1. The average molecular weight is 317 g/mol. The Labute approximate surface area is 123 Å². The van der Waals surface area contributed by atoms with Crippen molar-refractivity contribution in [2.24, 2.45) is 5.92 Å². The third-order valence-corrected chi connectivity index (χ3v) is 3.72. The molecule has 120 valence electrons. The minimum atomic E-state index is -4.20. The minimum absolute atomic E-state index is 0.0205. The third-order valence-electron chi connectivity index (χ3n) is 3.72. The van der Waals surface area contributed by atoms with Crippen molar-refractivity contribution in [3.8, 4) is 0 Å². The molecule has 1 heterocycles. The van der Waals surface area contributed by atoms with Crippen molar-refractivity contribution < 1.29 is 22.9 Å². The molecule has 1 aliphatic carbocycles. The van der Waals surface area contributed by atoms with Crippen LogP contribution in [0.25, 0.3) is 0 Å². The van der Waals surface area contributed by atoms with Gasteiger partial charge in [-0.15, -0.1) is 0 Å². The van der Waals surface area contributed by atoms with Gasteiger partial charge in [-0.2, -0.15) is 13.2 Å².